The Kier molecular flexibility index (Phi) is 11.1. The van der Waals surface area contributed by atoms with Crippen LogP contribution < -0.4 is 21.7 Å². The molecule has 0 aliphatic rings. The Labute approximate surface area is 195 Å². The molecule has 0 spiro atoms. The van der Waals surface area contributed by atoms with Crippen LogP contribution in [0.25, 0.3) is 0 Å². The summed E-state index contributed by atoms with van der Waals surface area (Å²) in [5.41, 5.74) is 6.53. The first-order chi connectivity index (χ1) is 15.8. The van der Waals surface area contributed by atoms with Crippen LogP contribution in [0.1, 0.15) is 39.3 Å². The van der Waals surface area contributed by atoms with Crippen LogP contribution in [-0.4, -0.2) is 85.2 Å². The van der Waals surface area contributed by atoms with E-state index in [9.17, 15) is 29.1 Å². The standard InChI is InChI=1S/C20H32N6O8/c1-9(2)4-13(24-17(30)12(21)5-11-7-22-8-23-11)18(31)26-16(10(3)27)19(32)25-14(20(33)34)6-15(28)29/h7-10,12-14,16,27H,4-6,21H2,1-3H3,(H,22,23)(H,24,30)(H,25,32)(H,26,31)(H,28,29)(H,33,34). The third-order valence-electron chi connectivity index (χ3n) is 4.73. The van der Waals surface area contributed by atoms with Crippen LogP contribution in [0.5, 0.6) is 0 Å². The van der Waals surface area contributed by atoms with Crippen molar-refractivity contribution in [1.29, 1.82) is 0 Å². The van der Waals surface area contributed by atoms with E-state index in [0.717, 1.165) is 0 Å². The van der Waals surface area contributed by atoms with Gasteiger partial charge in [-0.25, -0.2) is 9.78 Å². The highest BCUT2D eigenvalue weighted by molar-refractivity contribution is 5.95. The highest BCUT2D eigenvalue weighted by atomic mass is 16.4. The molecule has 14 nitrogen and oxygen atoms in total. The molecule has 0 saturated heterocycles. The summed E-state index contributed by atoms with van der Waals surface area (Å²) >= 11 is 0. The van der Waals surface area contributed by atoms with E-state index >= 15 is 0 Å². The van der Waals surface area contributed by atoms with E-state index in [-0.39, 0.29) is 18.8 Å². The first-order valence-electron chi connectivity index (χ1n) is 10.6. The highest BCUT2D eigenvalue weighted by Gasteiger charge is 2.33. The average molecular weight is 485 g/mol. The van der Waals surface area contributed by atoms with Crippen molar-refractivity contribution in [1.82, 2.24) is 25.9 Å². The molecular formula is C20H32N6O8. The number of aliphatic hydroxyl groups is 1. The normalized spacial score (nSPS) is 15.5. The molecule has 5 unspecified atom stereocenters. The quantitative estimate of drug-likeness (QED) is 0.141. The molecule has 3 amide bonds. The van der Waals surface area contributed by atoms with E-state index < -0.39 is 66.4 Å². The molecule has 0 aliphatic heterocycles. The molecule has 190 valence electrons. The fourth-order valence-corrected chi connectivity index (χ4v) is 3.00. The molecule has 1 rings (SSSR count). The molecule has 9 N–H and O–H groups in total. The molecule has 14 heteroatoms. The number of H-pyrrole nitrogens is 1. The molecular weight excluding hydrogens is 452 g/mol. The van der Waals surface area contributed by atoms with Crippen LogP contribution in [0, 0.1) is 5.92 Å². The SMILES string of the molecule is CC(C)CC(NC(=O)C(N)Cc1cnc[nH]1)C(=O)NC(C(=O)NC(CC(=O)O)C(=O)O)C(C)O. The van der Waals surface area contributed by atoms with Gasteiger partial charge < -0.3 is 42.0 Å². The van der Waals surface area contributed by atoms with Crippen molar-refractivity contribution in [3.8, 4) is 0 Å². The summed E-state index contributed by atoms with van der Waals surface area (Å²) in [6.07, 6.45) is 0.899. The number of aromatic nitrogens is 2. The number of rotatable bonds is 14. The number of hydrogen-bond donors (Lipinski definition) is 8. The molecule has 1 aromatic heterocycles. The second kappa shape index (κ2) is 13.3. The van der Waals surface area contributed by atoms with Gasteiger partial charge in [-0.3, -0.25) is 19.2 Å². The van der Waals surface area contributed by atoms with Gasteiger partial charge in [0.05, 0.1) is 24.9 Å². The van der Waals surface area contributed by atoms with Crippen molar-refractivity contribution in [2.24, 2.45) is 11.7 Å². The lowest BCUT2D eigenvalue weighted by atomic mass is 10.0. The van der Waals surface area contributed by atoms with Gasteiger partial charge >= 0.3 is 11.9 Å². The Morgan fingerprint density at radius 3 is 2.09 bits per heavy atom. The highest BCUT2D eigenvalue weighted by Crippen LogP contribution is 2.08. The molecule has 1 aromatic rings. The van der Waals surface area contributed by atoms with E-state index in [1.54, 1.807) is 13.8 Å². The number of nitrogens with zero attached hydrogens (tertiary/aromatic N) is 1. The van der Waals surface area contributed by atoms with Gasteiger partial charge in [0, 0.05) is 18.3 Å². The Hall–Kier alpha value is -3.52. The third kappa shape index (κ3) is 9.54. The Morgan fingerprint density at radius 2 is 1.62 bits per heavy atom. The number of hydrogen-bond acceptors (Lipinski definition) is 8. The third-order valence-corrected chi connectivity index (χ3v) is 4.73. The number of nitrogens with two attached hydrogens (primary N) is 1. The molecule has 0 saturated carbocycles. The Morgan fingerprint density at radius 1 is 1.00 bits per heavy atom. The zero-order valence-corrected chi connectivity index (χ0v) is 19.1. The topological polar surface area (TPSA) is 237 Å². The first-order valence-corrected chi connectivity index (χ1v) is 10.6. The van der Waals surface area contributed by atoms with Crippen LogP contribution in [0.2, 0.25) is 0 Å². The predicted molar refractivity (Wildman–Crippen MR) is 117 cm³/mol. The Bertz CT molecular complexity index is 857. The lowest BCUT2D eigenvalue weighted by Crippen LogP contribution is -2.60. The van der Waals surface area contributed by atoms with E-state index in [4.69, 9.17) is 15.9 Å². The predicted octanol–water partition coefficient (Wildman–Crippen LogP) is -2.28. The van der Waals surface area contributed by atoms with Crippen molar-refractivity contribution in [2.75, 3.05) is 0 Å². The lowest BCUT2D eigenvalue weighted by Gasteiger charge is -2.27. The van der Waals surface area contributed by atoms with Crippen molar-refractivity contribution in [2.45, 2.75) is 70.3 Å². The second-order valence-corrected chi connectivity index (χ2v) is 8.30. The number of aliphatic carboxylic acids is 2. The molecule has 0 radical (unpaired) electrons. The smallest absolute Gasteiger partial charge is 0.326 e. The van der Waals surface area contributed by atoms with Gasteiger partial charge in [0.2, 0.25) is 17.7 Å². The summed E-state index contributed by atoms with van der Waals surface area (Å²) in [5.74, 6) is -5.63. The van der Waals surface area contributed by atoms with Crippen LogP contribution in [0.4, 0.5) is 0 Å². The number of carboxylic acids is 2. The van der Waals surface area contributed by atoms with Crippen molar-refractivity contribution >= 4 is 29.7 Å². The van der Waals surface area contributed by atoms with Crippen molar-refractivity contribution < 1.29 is 39.3 Å². The maximum Gasteiger partial charge on any atom is 0.326 e. The zero-order chi connectivity index (χ0) is 26.0. The molecule has 0 bridgehead atoms. The van der Waals surface area contributed by atoms with Crippen LogP contribution in [0.3, 0.4) is 0 Å². The fraction of sp³-hybridized carbons (Fsp3) is 0.600. The van der Waals surface area contributed by atoms with Gasteiger partial charge in [-0.2, -0.15) is 0 Å². The zero-order valence-electron chi connectivity index (χ0n) is 19.1. The lowest BCUT2D eigenvalue weighted by molar-refractivity contribution is -0.148. The number of nitrogens with one attached hydrogen (secondary N) is 4. The van der Waals surface area contributed by atoms with Crippen molar-refractivity contribution in [3.05, 3.63) is 18.2 Å². The Balaban J connectivity index is 2.91. The van der Waals surface area contributed by atoms with Crippen LogP contribution in [0.15, 0.2) is 12.5 Å². The largest absolute Gasteiger partial charge is 0.481 e. The van der Waals surface area contributed by atoms with Crippen molar-refractivity contribution in [3.63, 3.8) is 0 Å². The van der Waals surface area contributed by atoms with E-state index in [0.29, 0.717) is 5.69 Å². The summed E-state index contributed by atoms with van der Waals surface area (Å²) in [4.78, 5) is 66.7. The van der Waals surface area contributed by atoms with Gasteiger partial charge in [0.1, 0.15) is 18.1 Å². The van der Waals surface area contributed by atoms with Gasteiger partial charge in [-0.05, 0) is 19.3 Å². The summed E-state index contributed by atoms with van der Waals surface area (Å²) in [6, 6.07) is -5.47. The minimum Gasteiger partial charge on any atom is -0.481 e. The van der Waals surface area contributed by atoms with Gasteiger partial charge in [0.15, 0.2) is 0 Å². The van der Waals surface area contributed by atoms with Crippen LogP contribution >= 0.6 is 0 Å². The maximum absolute atomic E-state index is 12.9. The average Bonchev–Trinajstić information content (AvgIpc) is 3.22. The summed E-state index contributed by atoms with van der Waals surface area (Å²) in [7, 11) is 0. The number of carboxylic acid groups (broad SMARTS) is 2. The number of imidazole rings is 1. The number of aliphatic hydroxyl groups excluding tert-OH is 1. The van der Waals surface area contributed by atoms with Gasteiger partial charge in [-0.1, -0.05) is 13.8 Å². The summed E-state index contributed by atoms with van der Waals surface area (Å²) < 4.78 is 0. The maximum atomic E-state index is 12.9. The minimum atomic E-state index is -1.77. The number of carbonyl (C=O) groups is 5. The van der Waals surface area contributed by atoms with E-state index in [1.807, 2.05) is 5.32 Å². The van der Waals surface area contributed by atoms with Gasteiger partial charge in [-0.15, -0.1) is 0 Å². The second-order valence-electron chi connectivity index (χ2n) is 8.30. The molecule has 0 fully saturated rings. The number of amides is 3. The summed E-state index contributed by atoms with van der Waals surface area (Å²) in [5, 5.41) is 34.7. The molecule has 0 aromatic carbocycles. The monoisotopic (exact) mass is 484 g/mol. The molecule has 0 aliphatic carbocycles. The molecule has 34 heavy (non-hydrogen) atoms. The van der Waals surface area contributed by atoms with Gasteiger partial charge in [0.25, 0.3) is 0 Å². The van der Waals surface area contributed by atoms with E-state index in [1.165, 1.54) is 19.4 Å². The molecule has 1 heterocycles. The number of aromatic amines is 1. The van der Waals surface area contributed by atoms with E-state index in [2.05, 4.69) is 20.6 Å². The van der Waals surface area contributed by atoms with Crippen LogP contribution in [-0.2, 0) is 30.4 Å². The molecule has 5 atom stereocenters. The minimum absolute atomic E-state index is 0.0503. The fourth-order valence-electron chi connectivity index (χ4n) is 3.00. The first kappa shape index (κ1) is 28.5. The number of carbonyl (C=O) groups excluding carboxylic acids is 3. The summed E-state index contributed by atoms with van der Waals surface area (Å²) in [6.45, 7) is 4.80.